The first-order valence-electron chi connectivity index (χ1n) is 25.7. The molecule has 1 aliphatic carbocycles. The topological polar surface area (TPSA) is 367 Å². The van der Waals surface area contributed by atoms with Crippen LogP contribution in [0.3, 0.4) is 0 Å². The van der Waals surface area contributed by atoms with Crippen molar-refractivity contribution in [2.45, 2.75) is 227 Å². The Morgan fingerprint density at radius 1 is 0.684 bits per heavy atom. The van der Waals surface area contributed by atoms with Crippen molar-refractivity contribution in [2.75, 3.05) is 14.2 Å². The molecule has 2 aromatic carbocycles. The Labute approximate surface area is 437 Å². The van der Waals surface area contributed by atoms with E-state index in [0.717, 1.165) is 6.07 Å². The summed E-state index contributed by atoms with van der Waals surface area (Å²) in [6.45, 7) is 8.74. The van der Waals surface area contributed by atoms with Gasteiger partial charge in [-0.25, -0.2) is 0 Å². The molecule has 25 heteroatoms. The van der Waals surface area contributed by atoms with Gasteiger partial charge in [-0.2, -0.15) is 0 Å². The predicted octanol–water partition coefficient (Wildman–Crippen LogP) is -0.974. The first-order chi connectivity index (χ1) is 35.8. The van der Waals surface area contributed by atoms with Gasteiger partial charge in [0.15, 0.2) is 42.5 Å². The van der Waals surface area contributed by atoms with E-state index in [2.05, 4.69) is 0 Å². The van der Waals surface area contributed by atoms with Crippen LogP contribution in [0, 0.1) is 5.92 Å². The summed E-state index contributed by atoms with van der Waals surface area (Å²) in [5.41, 5.74) is -0.137. The number of ether oxygens (including phenoxy) is 12. The molecule has 5 fully saturated rings. The number of Topliss-reactive ketones (excluding diaryl/α,β-unsaturated/α-hetero) is 2. The van der Waals surface area contributed by atoms with Crippen LogP contribution in [-0.4, -0.2) is 229 Å². The van der Waals surface area contributed by atoms with Gasteiger partial charge in [0.25, 0.3) is 0 Å². The summed E-state index contributed by atoms with van der Waals surface area (Å²) in [6, 6.07) is 3.99. The highest BCUT2D eigenvalue weighted by Crippen LogP contribution is 2.46. The van der Waals surface area contributed by atoms with Crippen LogP contribution in [0.25, 0.3) is 10.8 Å². The molecule has 428 valence electrons. The molecular weight excluding hydrogens is 1010 g/mol. The van der Waals surface area contributed by atoms with Gasteiger partial charge in [0.2, 0.25) is 6.29 Å². The van der Waals surface area contributed by atoms with Crippen LogP contribution in [-0.2, 0) is 63.3 Å². The van der Waals surface area contributed by atoms with E-state index in [1.807, 2.05) is 0 Å². The van der Waals surface area contributed by atoms with Crippen molar-refractivity contribution in [3.05, 3.63) is 29.3 Å². The number of fused-ring (bicyclic) bond motifs is 2. The lowest BCUT2D eigenvalue weighted by Gasteiger charge is -2.45. The first-order valence-corrected chi connectivity index (χ1v) is 25.7. The van der Waals surface area contributed by atoms with Gasteiger partial charge < -0.3 is 113 Å². The first kappa shape index (κ1) is 58.8. The molecule has 0 bridgehead atoms. The average molecular weight is 1090 g/mol. The monoisotopic (exact) mass is 1090 g/mol. The number of aliphatic hydroxyl groups is 9. The number of carbonyl (C=O) groups excluding carboxylic acids is 2. The molecule has 5 unspecified atom stereocenters. The molecule has 5 aliphatic heterocycles. The molecule has 0 amide bonds. The second-order valence-corrected chi connectivity index (χ2v) is 21.1. The van der Waals surface area contributed by atoms with Crippen molar-refractivity contribution in [2.24, 2.45) is 5.92 Å². The fourth-order valence-electron chi connectivity index (χ4n) is 11.1. The normalized spacial score (nSPS) is 42.5. The number of ketones is 2. The van der Waals surface area contributed by atoms with Crippen LogP contribution in [0.4, 0.5) is 0 Å². The zero-order chi connectivity index (χ0) is 55.4. The van der Waals surface area contributed by atoms with E-state index in [1.54, 1.807) is 13.8 Å². The highest BCUT2D eigenvalue weighted by atomic mass is 16.8. The minimum Gasteiger partial charge on any atom is -0.507 e. The van der Waals surface area contributed by atoms with Gasteiger partial charge >= 0.3 is 0 Å². The third-order valence-corrected chi connectivity index (χ3v) is 15.4. The summed E-state index contributed by atoms with van der Waals surface area (Å²) in [6.07, 6.45) is -27.3. The Balaban J connectivity index is 1.03. The lowest BCUT2D eigenvalue weighted by atomic mass is 9.75. The molecule has 0 radical (unpaired) electrons. The van der Waals surface area contributed by atoms with Crippen LogP contribution >= 0.6 is 0 Å². The van der Waals surface area contributed by atoms with Crippen molar-refractivity contribution in [3.63, 3.8) is 0 Å². The Morgan fingerprint density at radius 3 is 1.72 bits per heavy atom. The van der Waals surface area contributed by atoms with E-state index in [0.29, 0.717) is 0 Å². The molecule has 76 heavy (non-hydrogen) atoms. The number of benzene rings is 2. The van der Waals surface area contributed by atoms with Gasteiger partial charge in [-0.1, -0.05) is 0 Å². The maximum atomic E-state index is 15.0. The van der Waals surface area contributed by atoms with Crippen molar-refractivity contribution >= 4 is 22.3 Å². The number of aromatic hydroxyl groups is 2. The van der Waals surface area contributed by atoms with E-state index >= 15 is 0 Å². The fraction of sp³-hybridized carbons (Fsp3) is 0.765. The Hall–Kier alpha value is -3.36. The summed E-state index contributed by atoms with van der Waals surface area (Å²) in [5.74, 6) is -6.66. The van der Waals surface area contributed by atoms with Crippen molar-refractivity contribution < 1.29 is 123 Å². The maximum Gasteiger partial charge on any atom is 0.205 e. The molecule has 0 aromatic heterocycles. The van der Waals surface area contributed by atoms with Gasteiger partial charge in [-0.05, 0) is 71.0 Å². The van der Waals surface area contributed by atoms with E-state index < -0.39 is 176 Å². The lowest BCUT2D eigenvalue weighted by molar-refractivity contribution is -0.365. The average Bonchev–Trinajstić information content (AvgIpc) is 3.37. The highest BCUT2D eigenvalue weighted by Gasteiger charge is 2.52. The van der Waals surface area contributed by atoms with Crippen LogP contribution < -0.4 is 4.74 Å². The fourth-order valence-corrected chi connectivity index (χ4v) is 11.1. The van der Waals surface area contributed by atoms with Gasteiger partial charge in [0, 0.05) is 58.3 Å². The minimum absolute atomic E-state index is 0.0218. The second-order valence-electron chi connectivity index (χ2n) is 21.1. The Bertz CT molecular complexity index is 2320. The number of methoxy groups -OCH3 is 2. The van der Waals surface area contributed by atoms with E-state index in [1.165, 1.54) is 54.0 Å². The molecule has 0 saturated carbocycles. The molecule has 5 saturated heterocycles. The molecule has 25 atom stereocenters. The van der Waals surface area contributed by atoms with Crippen LogP contribution in [0.5, 0.6) is 17.2 Å². The van der Waals surface area contributed by atoms with Gasteiger partial charge in [0.05, 0.1) is 72.0 Å². The van der Waals surface area contributed by atoms with E-state index in [4.69, 9.17) is 56.8 Å². The minimum atomic E-state index is -2.24. The van der Waals surface area contributed by atoms with Crippen molar-refractivity contribution in [1.82, 2.24) is 0 Å². The molecule has 2 aromatic rings. The molecule has 11 N–H and O–H groups in total. The number of phenolic OH excluding ortho intramolecular Hbond substituents is 2. The SMILES string of the molecule is CO[C@H](C(=O)[C@@H](O)[C@@H](C)O)[C@@H]1Cc2cc3cc(O[C@H]4C[C@@H](O[C@H]5C[C@@H](O)[C@H](O)C(C)O5)[C@H](O)C(C)(O)O4)cc(O)c3c(O)c2C(=O)[C@H]1O[C@H]1C[C@@H](O[C@H]2C[C@@H](O[C@H]3C[C@@H](OC)[C@H](O)C(C)O3)[C@@H](O)C(C)O2)[C@H](O)C(C)O1. The van der Waals surface area contributed by atoms with Gasteiger partial charge in [0.1, 0.15) is 66.1 Å². The summed E-state index contributed by atoms with van der Waals surface area (Å²) < 4.78 is 71.3. The molecule has 5 heterocycles. The molecule has 25 nitrogen and oxygen atoms in total. The summed E-state index contributed by atoms with van der Waals surface area (Å²) in [4.78, 5) is 28.8. The number of carbonyl (C=O) groups is 2. The number of hydrogen-bond acceptors (Lipinski definition) is 25. The van der Waals surface area contributed by atoms with Crippen LogP contribution in [0.15, 0.2) is 18.2 Å². The van der Waals surface area contributed by atoms with Crippen LogP contribution in [0.2, 0.25) is 0 Å². The third kappa shape index (κ3) is 12.2. The number of rotatable bonds is 16. The number of phenols is 2. The summed E-state index contributed by atoms with van der Waals surface area (Å²) in [7, 11) is 2.63. The van der Waals surface area contributed by atoms with Crippen molar-refractivity contribution in [1.29, 1.82) is 0 Å². The predicted molar refractivity (Wildman–Crippen MR) is 255 cm³/mol. The largest absolute Gasteiger partial charge is 0.507 e. The molecule has 6 aliphatic rings. The summed E-state index contributed by atoms with van der Waals surface area (Å²) in [5, 5.41) is 120. The van der Waals surface area contributed by atoms with Gasteiger partial charge in [-0.3, -0.25) is 9.59 Å². The second kappa shape index (κ2) is 23.8. The quantitative estimate of drug-likeness (QED) is 0.0963. The Morgan fingerprint density at radius 2 is 1.18 bits per heavy atom. The standard InChI is InChI=1S/C51H74O25/c1-18(52)40(55)47(62)48(66-8)26-11-24-9-23-10-25(71-37-17-32(50(63)51(6,64)76-37)74-33-13-28(54)41(56)19(2)67-33)12-27(53)38(23)45(60)39(24)46(61)49(26)75-36-16-31(44(59)22(5)70-36)73-35-15-30(43(58)21(4)69-35)72-34-14-29(65-7)42(57)20(3)68-34/h9-10,12,18-22,26,28-37,40-44,48-50,52-60,63-64H,11,13-17H2,1-8H3/t18-,19?,20?,21?,22?,26+,28-,29-,30-,31-,32-,33+,34+,35+,36+,37-,40+,41-,42-,43+,44-,48+,49+,50+,51?/m1/s1. The Kier molecular flexibility index (Phi) is 18.4. The molecule has 8 rings (SSSR count). The van der Waals surface area contributed by atoms with E-state index in [9.17, 15) is 65.8 Å². The maximum absolute atomic E-state index is 15.0. The lowest BCUT2D eigenvalue weighted by Crippen LogP contribution is -2.59. The third-order valence-electron chi connectivity index (χ3n) is 15.4. The van der Waals surface area contributed by atoms with E-state index in [-0.39, 0.29) is 66.2 Å². The molecular formula is C51H74O25. The zero-order valence-electron chi connectivity index (χ0n) is 43.5. The zero-order valence-corrected chi connectivity index (χ0v) is 43.5. The number of hydrogen-bond donors (Lipinski definition) is 11. The number of aliphatic hydroxyl groups excluding tert-OH is 8. The van der Waals surface area contributed by atoms with Crippen LogP contribution in [0.1, 0.15) is 89.6 Å². The summed E-state index contributed by atoms with van der Waals surface area (Å²) >= 11 is 0. The van der Waals surface area contributed by atoms with Crippen molar-refractivity contribution in [3.8, 4) is 17.2 Å². The van der Waals surface area contributed by atoms with Gasteiger partial charge in [-0.15, -0.1) is 0 Å². The smallest absolute Gasteiger partial charge is 0.205 e. The highest BCUT2D eigenvalue weighted by molar-refractivity contribution is 6.11. The molecule has 0 spiro atoms.